The minimum atomic E-state index is -0.559. The fraction of sp³-hybridized carbons (Fsp3) is 0.591. The average molecular weight is 392 g/mol. The molecule has 1 saturated carbocycles. The topological polar surface area (TPSA) is 74.2 Å². The summed E-state index contributed by atoms with van der Waals surface area (Å²) in [6.45, 7) is 0. The molecular weight excluding hydrogens is 360 g/mol. The van der Waals surface area contributed by atoms with E-state index in [-0.39, 0.29) is 23.9 Å². The van der Waals surface area contributed by atoms with Gasteiger partial charge in [0.05, 0.1) is 13.2 Å². The average Bonchev–Trinajstić information content (AvgIpc) is 3.01. The van der Waals surface area contributed by atoms with Gasteiger partial charge in [-0.05, 0) is 31.4 Å². The Morgan fingerprint density at radius 3 is 2.54 bits per heavy atom. The number of hydrogen-bond donors (Lipinski definition) is 1. The zero-order valence-electron chi connectivity index (χ0n) is 17.0. The second-order valence-corrected chi connectivity index (χ2v) is 7.03. The first kappa shape index (κ1) is 22.4. The van der Waals surface area contributed by atoms with Gasteiger partial charge in [0.1, 0.15) is 11.9 Å². The highest BCUT2D eigenvalue weighted by Crippen LogP contribution is 2.40. The number of esters is 1. The lowest BCUT2D eigenvalue weighted by Gasteiger charge is -2.29. The lowest BCUT2D eigenvalue weighted by molar-refractivity contribution is -0.165. The summed E-state index contributed by atoms with van der Waals surface area (Å²) in [5, 5.41) is 10.7. The molecule has 1 aromatic rings. The van der Waals surface area contributed by atoms with Gasteiger partial charge in [0.15, 0.2) is 6.29 Å². The van der Waals surface area contributed by atoms with E-state index in [1.807, 2.05) is 30.3 Å². The van der Waals surface area contributed by atoms with Crippen LogP contribution in [0.25, 0.3) is 0 Å². The molecular formula is C22H32O6. The fourth-order valence-corrected chi connectivity index (χ4v) is 3.85. The number of carbonyl (C=O) groups is 1. The molecule has 1 aliphatic carbocycles. The molecule has 28 heavy (non-hydrogen) atoms. The van der Waals surface area contributed by atoms with Crippen molar-refractivity contribution in [2.45, 2.75) is 50.6 Å². The quantitative estimate of drug-likeness (QED) is 0.269. The van der Waals surface area contributed by atoms with Crippen LogP contribution in [-0.2, 0) is 19.0 Å². The van der Waals surface area contributed by atoms with Crippen molar-refractivity contribution in [3.8, 4) is 5.75 Å². The molecule has 1 aromatic carbocycles. The maximum atomic E-state index is 11.2. The first-order valence-electron chi connectivity index (χ1n) is 9.77. The summed E-state index contributed by atoms with van der Waals surface area (Å²) in [6.07, 6.45) is 6.23. The predicted molar refractivity (Wildman–Crippen MR) is 106 cm³/mol. The fourth-order valence-electron chi connectivity index (χ4n) is 3.85. The van der Waals surface area contributed by atoms with E-state index in [4.69, 9.17) is 14.2 Å². The first-order chi connectivity index (χ1) is 13.6. The second kappa shape index (κ2) is 11.8. The standard InChI is InChI=1S/C22H32O6/c1-25-20(24)14-10-5-4-9-13-17-19(28-16-11-7-6-8-12-16)15-18(23)21(17)22(26-2)27-3/h4,6-9,11-12,17-19,21-23H,5,10,13-15H2,1-3H3/t17-,18+,19+,21+/m0/s1. The second-order valence-electron chi connectivity index (χ2n) is 7.03. The Hall–Kier alpha value is -1.89. The Morgan fingerprint density at radius 1 is 1.18 bits per heavy atom. The molecule has 1 N–H and O–H groups in total. The molecule has 156 valence electrons. The normalized spacial score (nSPS) is 24.8. The van der Waals surface area contributed by atoms with Crippen molar-refractivity contribution < 1.29 is 28.8 Å². The van der Waals surface area contributed by atoms with Crippen molar-refractivity contribution >= 4 is 5.97 Å². The molecule has 0 spiro atoms. The number of para-hydroxylation sites is 1. The summed E-state index contributed by atoms with van der Waals surface area (Å²) < 4.78 is 21.7. The number of methoxy groups -OCH3 is 3. The first-order valence-corrected chi connectivity index (χ1v) is 9.77. The van der Waals surface area contributed by atoms with Crippen molar-refractivity contribution in [3.63, 3.8) is 0 Å². The van der Waals surface area contributed by atoms with E-state index in [0.29, 0.717) is 12.8 Å². The van der Waals surface area contributed by atoms with Crippen molar-refractivity contribution in [1.29, 1.82) is 0 Å². The van der Waals surface area contributed by atoms with Crippen LogP contribution in [0.3, 0.4) is 0 Å². The summed E-state index contributed by atoms with van der Waals surface area (Å²) in [5.41, 5.74) is 0. The molecule has 0 amide bonds. The highest BCUT2D eigenvalue weighted by atomic mass is 16.7. The van der Waals surface area contributed by atoms with Crippen LogP contribution in [0.4, 0.5) is 0 Å². The molecule has 0 unspecified atom stereocenters. The van der Waals surface area contributed by atoms with E-state index in [9.17, 15) is 9.90 Å². The number of aliphatic hydroxyl groups excluding tert-OH is 1. The summed E-state index contributed by atoms with van der Waals surface area (Å²) in [6, 6.07) is 9.65. The Labute approximate surface area is 167 Å². The van der Waals surface area contributed by atoms with Crippen molar-refractivity contribution in [2.75, 3.05) is 21.3 Å². The molecule has 0 saturated heterocycles. The molecule has 1 fully saturated rings. The lowest BCUT2D eigenvalue weighted by Crippen LogP contribution is -2.36. The molecule has 6 nitrogen and oxygen atoms in total. The van der Waals surface area contributed by atoms with Crippen LogP contribution >= 0.6 is 0 Å². The van der Waals surface area contributed by atoms with Crippen LogP contribution in [-0.4, -0.2) is 50.9 Å². The largest absolute Gasteiger partial charge is 0.490 e. The van der Waals surface area contributed by atoms with Gasteiger partial charge in [-0.1, -0.05) is 30.4 Å². The minimum Gasteiger partial charge on any atom is -0.490 e. The third-order valence-corrected chi connectivity index (χ3v) is 5.25. The van der Waals surface area contributed by atoms with Crippen molar-refractivity contribution in [3.05, 3.63) is 42.5 Å². The van der Waals surface area contributed by atoms with Gasteiger partial charge >= 0.3 is 5.97 Å². The van der Waals surface area contributed by atoms with E-state index in [0.717, 1.165) is 25.0 Å². The third-order valence-electron chi connectivity index (χ3n) is 5.25. The van der Waals surface area contributed by atoms with Gasteiger partial charge in [-0.25, -0.2) is 0 Å². The van der Waals surface area contributed by atoms with Crippen LogP contribution in [0.2, 0.25) is 0 Å². The zero-order valence-corrected chi connectivity index (χ0v) is 17.0. The highest BCUT2D eigenvalue weighted by molar-refractivity contribution is 5.69. The van der Waals surface area contributed by atoms with Gasteiger partial charge < -0.3 is 24.1 Å². The Balaban J connectivity index is 2.01. The molecule has 0 radical (unpaired) electrons. The molecule has 0 aliphatic heterocycles. The maximum Gasteiger partial charge on any atom is 0.305 e. The van der Waals surface area contributed by atoms with Crippen molar-refractivity contribution in [2.24, 2.45) is 11.8 Å². The van der Waals surface area contributed by atoms with E-state index in [1.165, 1.54) is 7.11 Å². The van der Waals surface area contributed by atoms with Gasteiger partial charge in [-0.3, -0.25) is 4.79 Å². The number of unbranched alkanes of at least 4 members (excludes halogenated alkanes) is 1. The number of carbonyl (C=O) groups excluding carboxylic acids is 1. The molecule has 0 aromatic heterocycles. The van der Waals surface area contributed by atoms with E-state index >= 15 is 0 Å². The predicted octanol–water partition coefficient (Wildman–Crippen LogP) is 3.34. The van der Waals surface area contributed by atoms with Gasteiger partial charge in [-0.2, -0.15) is 0 Å². The summed E-state index contributed by atoms with van der Waals surface area (Å²) in [4.78, 5) is 11.2. The minimum absolute atomic E-state index is 0.0527. The lowest BCUT2D eigenvalue weighted by atomic mass is 9.89. The third kappa shape index (κ3) is 6.33. The number of hydrogen-bond acceptors (Lipinski definition) is 6. The summed E-state index contributed by atoms with van der Waals surface area (Å²) >= 11 is 0. The van der Waals surface area contributed by atoms with Crippen LogP contribution in [0.15, 0.2) is 42.5 Å². The molecule has 1 aliphatic rings. The number of benzene rings is 1. The number of allylic oxidation sites excluding steroid dienone is 2. The zero-order chi connectivity index (χ0) is 20.4. The Morgan fingerprint density at radius 2 is 1.89 bits per heavy atom. The Kier molecular flexibility index (Phi) is 9.47. The molecule has 4 atom stereocenters. The Bertz CT molecular complexity index is 598. The van der Waals surface area contributed by atoms with Gasteiger partial charge in [0, 0.05) is 38.9 Å². The number of ether oxygens (including phenoxy) is 4. The number of rotatable bonds is 11. The smallest absolute Gasteiger partial charge is 0.305 e. The van der Waals surface area contributed by atoms with Gasteiger partial charge in [0.25, 0.3) is 0 Å². The summed E-state index contributed by atoms with van der Waals surface area (Å²) in [5.74, 6) is 0.478. The molecule has 0 bridgehead atoms. The molecule has 0 heterocycles. The highest BCUT2D eigenvalue weighted by Gasteiger charge is 2.47. The van der Waals surface area contributed by atoms with E-state index in [2.05, 4.69) is 16.9 Å². The summed E-state index contributed by atoms with van der Waals surface area (Å²) in [7, 11) is 4.58. The monoisotopic (exact) mass is 392 g/mol. The molecule has 2 rings (SSSR count). The van der Waals surface area contributed by atoms with E-state index in [1.54, 1.807) is 14.2 Å². The van der Waals surface area contributed by atoms with Gasteiger partial charge in [-0.15, -0.1) is 0 Å². The van der Waals surface area contributed by atoms with Crippen molar-refractivity contribution in [1.82, 2.24) is 0 Å². The number of aliphatic hydroxyl groups is 1. The maximum absolute atomic E-state index is 11.2. The SMILES string of the molecule is COC(=O)CCCC=CC[C@@H]1[C@@H](C(OC)OC)[C@H](O)C[C@H]1Oc1ccccc1. The van der Waals surface area contributed by atoms with E-state index < -0.39 is 12.4 Å². The van der Waals surface area contributed by atoms with Gasteiger partial charge in [0.2, 0.25) is 0 Å². The van der Waals surface area contributed by atoms with Crippen LogP contribution in [0.5, 0.6) is 5.75 Å². The molecule has 6 heteroatoms. The van der Waals surface area contributed by atoms with Crippen LogP contribution in [0, 0.1) is 11.8 Å². The van der Waals surface area contributed by atoms with Crippen LogP contribution < -0.4 is 4.74 Å². The van der Waals surface area contributed by atoms with Crippen LogP contribution in [0.1, 0.15) is 32.1 Å².